The van der Waals surface area contributed by atoms with Gasteiger partial charge in [0.15, 0.2) is 6.29 Å². The van der Waals surface area contributed by atoms with Crippen LogP contribution in [0.4, 0.5) is 0 Å². The fraction of sp³-hybridized carbons (Fsp3) is 0.922. The minimum atomic E-state index is -1.57. The molecule has 1 aliphatic rings. The van der Waals surface area contributed by atoms with Crippen molar-refractivity contribution in [3.05, 3.63) is 24.3 Å². The van der Waals surface area contributed by atoms with Crippen LogP contribution in [0, 0.1) is 0 Å². The molecule has 73 heavy (non-hydrogen) atoms. The van der Waals surface area contributed by atoms with Crippen molar-refractivity contribution in [2.45, 2.75) is 365 Å². The van der Waals surface area contributed by atoms with Crippen LogP contribution in [0.25, 0.3) is 0 Å². The molecule has 1 fully saturated rings. The van der Waals surface area contributed by atoms with E-state index in [1.54, 1.807) is 6.08 Å². The van der Waals surface area contributed by atoms with E-state index in [-0.39, 0.29) is 12.5 Å². The number of allylic oxidation sites excluding steroid dienone is 3. The van der Waals surface area contributed by atoms with E-state index in [2.05, 4.69) is 31.3 Å². The third kappa shape index (κ3) is 43.4. The van der Waals surface area contributed by atoms with Crippen LogP contribution in [0.5, 0.6) is 0 Å². The highest BCUT2D eigenvalue weighted by atomic mass is 16.7. The van der Waals surface area contributed by atoms with Gasteiger partial charge in [-0.05, 0) is 32.1 Å². The first-order valence-corrected chi connectivity index (χ1v) is 32.1. The van der Waals surface area contributed by atoms with Crippen molar-refractivity contribution in [1.29, 1.82) is 0 Å². The van der Waals surface area contributed by atoms with Gasteiger partial charge in [0.2, 0.25) is 5.91 Å². The van der Waals surface area contributed by atoms with Gasteiger partial charge in [0.05, 0.1) is 25.4 Å². The Hall–Kier alpha value is -1.33. The van der Waals surface area contributed by atoms with Crippen LogP contribution in [-0.4, -0.2) is 87.5 Å². The molecule has 9 heteroatoms. The molecule has 1 saturated heterocycles. The van der Waals surface area contributed by atoms with Gasteiger partial charge in [-0.2, -0.15) is 0 Å². The van der Waals surface area contributed by atoms with Gasteiger partial charge in [-0.15, -0.1) is 0 Å². The van der Waals surface area contributed by atoms with Gasteiger partial charge in [-0.3, -0.25) is 4.79 Å². The van der Waals surface area contributed by atoms with Crippen molar-refractivity contribution < 1.29 is 39.8 Å². The summed E-state index contributed by atoms with van der Waals surface area (Å²) in [5.74, 6) is -0.179. The van der Waals surface area contributed by atoms with Crippen LogP contribution >= 0.6 is 0 Å². The predicted molar refractivity (Wildman–Crippen MR) is 309 cm³/mol. The van der Waals surface area contributed by atoms with E-state index < -0.39 is 49.5 Å². The zero-order chi connectivity index (χ0) is 52.9. The standard InChI is InChI=1S/C64H123NO8/c1-3-5-7-9-11-13-15-17-19-21-23-24-25-26-27-28-29-30-31-32-33-34-36-38-40-42-44-46-48-50-52-54-60(68)65-57(56-72-64-63(71)62(70)61(69)59(55-66)73-64)58(67)53-51-49-47-45-43-41-39-37-35-22-20-18-16-14-12-10-8-6-4-2/h43,45,51,53,57-59,61-64,66-67,69-71H,3-42,44,46-50,52,54-56H2,1-2H3,(H,65,68)/b45-43+,53-51+. The Kier molecular flexibility index (Phi) is 51.6. The van der Waals surface area contributed by atoms with E-state index >= 15 is 0 Å². The van der Waals surface area contributed by atoms with E-state index in [9.17, 15) is 30.3 Å². The van der Waals surface area contributed by atoms with E-state index in [4.69, 9.17) is 9.47 Å². The normalized spacial score (nSPS) is 19.1. The van der Waals surface area contributed by atoms with Gasteiger partial charge in [0, 0.05) is 6.42 Å². The van der Waals surface area contributed by atoms with Crippen LogP contribution in [0.15, 0.2) is 24.3 Å². The molecule has 9 nitrogen and oxygen atoms in total. The Morgan fingerprint density at radius 1 is 0.452 bits per heavy atom. The van der Waals surface area contributed by atoms with E-state index in [0.29, 0.717) is 6.42 Å². The first-order chi connectivity index (χ1) is 35.8. The largest absolute Gasteiger partial charge is 0.394 e. The molecule has 0 aromatic rings. The Bertz CT molecular complexity index is 1200. The van der Waals surface area contributed by atoms with Crippen LogP contribution in [0.3, 0.4) is 0 Å². The summed E-state index contributed by atoms with van der Waals surface area (Å²) in [6, 6.07) is -0.819. The third-order valence-electron chi connectivity index (χ3n) is 15.5. The highest BCUT2D eigenvalue weighted by Gasteiger charge is 2.44. The number of rotatable bonds is 56. The highest BCUT2D eigenvalue weighted by Crippen LogP contribution is 2.23. The number of hydrogen-bond acceptors (Lipinski definition) is 8. The molecule has 1 rings (SSSR count). The van der Waals surface area contributed by atoms with Crippen molar-refractivity contribution in [2.75, 3.05) is 13.2 Å². The number of ether oxygens (including phenoxy) is 2. The van der Waals surface area contributed by atoms with Crippen molar-refractivity contribution in [2.24, 2.45) is 0 Å². The summed E-state index contributed by atoms with van der Waals surface area (Å²) < 4.78 is 11.3. The molecule has 6 N–H and O–H groups in total. The molecule has 1 amide bonds. The van der Waals surface area contributed by atoms with E-state index in [1.807, 2.05) is 6.08 Å². The van der Waals surface area contributed by atoms with Gasteiger partial charge in [-0.25, -0.2) is 0 Å². The van der Waals surface area contributed by atoms with Crippen molar-refractivity contribution >= 4 is 5.91 Å². The van der Waals surface area contributed by atoms with E-state index in [0.717, 1.165) is 38.5 Å². The summed E-state index contributed by atoms with van der Waals surface area (Å²) in [7, 11) is 0. The number of nitrogens with one attached hydrogen (secondary N) is 1. The molecular formula is C64H123NO8. The summed E-state index contributed by atoms with van der Waals surface area (Å²) in [6.45, 7) is 3.81. The fourth-order valence-electron chi connectivity index (χ4n) is 10.5. The maximum absolute atomic E-state index is 13.1. The quantitative estimate of drug-likeness (QED) is 0.0261. The number of aliphatic hydroxyl groups excluding tert-OH is 5. The zero-order valence-electron chi connectivity index (χ0n) is 48.2. The van der Waals surface area contributed by atoms with Gasteiger partial charge in [-0.1, -0.05) is 308 Å². The molecule has 7 unspecified atom stereocenters. The second kappa shape index (κ2) is 54.0. The molecule has 1 heterocycles. The Morgan fingerprint density at radius 2 is 0.781 bits per heavy atom. The number of unbranched alkanes of at least 4 members (excludes halogenated alkanes) is 44. The third-order valence-corrected chi connectivity index (χ3v) is 15.5. The summed E-state index contributed by atoms with van der Waals surface area (Å²) in [5, 5.41) is 54.6. The number of amides is 1. The van der Waals surface area contributed by atoms with Crippen LogP contribution in [-0.2, 0) is 14.3 Å². The molecule has 0 aliphatic carbocycles. The second-order valence-corrected chi connectivity index (χ2v) is 22.6. The van der Waals surface area contributed by atoms with Crippen molar-refractivity contribution in [1.82, 2.24) is 5.32 Å². The average molecular weight is 1030 g/mol. The SMILES string of the molecule is CCCCCCCCCCCCCCC/C=C/CC/C=C/C(O)C(COC1OC(CO)C(O)C(O)C1O)NC(=O)CCCCCCCCCCCCCCCCCCCCCCCCCCCCCCCCC. The summed E-state index contributed by atoms with van der Waals surface area (Å²) in [6.07, 6.45) is 62.8. The molecule has 432 valence electrons. The molecule has 0 spiro atoms. The lowest BCUT2D eigenvalue weighted by Gasteiger charge is -2.40. The number of aliphatic hydroxyl groups is 5. The van der Waals surface area contributed by atoms with Crippen LogP contribution in [0.1, 0.15) is 322 Å². The minimum absolute atomic E-state index is 0.179. The maximum atomic E-state index is 13.1. The van der Waals surface area contributed by atoms with Crippen LogP contribution in [0.2, 0.25) is 0 Å². The first-order valence-electron chi connectivity index (χ1n) is 32.1. The summed E-state index contributed by atoms with van der Waals surface area (Å²) >= 11 is 0. The summed E-state index contributed by atoms with van der Waals surface area (Å²) in [4.78, 5) is 13.1. The van der Waals surface area contributed by atoms with Crippen molar-refractivity contribution in [3.63, 3.8) is 0 Å². The van der Waals surface area contributed by atoms with Gasteiger partial charge in [0.25, 0.3) is 0 Å². The Morgan fingerprint density at radius 3 is 1.15 bits per heavy atom. The fourth-order valence-corrected chi connectivity index (χ4v) is 10.5. The molecule has 7 atom stereocenters. The molecule has 0 saturated carbocycles. The Labute approximate surface area is 451 Å². The van der Waals surface area contributed by atoms with E-state index in [1.165, 1.54) is 263 Å². The lowest BCUT2D eigenvalue weighted by atomic mass is 9.99. The maximum Gasteiger partial charge on any atom is 0.220 e. The van der Waals surface area contributed by atoms with Gasteiger partial charge < -0.3 is 40.3 Å². The first kappa shape index (κ1) is 69.7. The molecule has 0 bridgehead atoms. The Balaban J connectivity index is 2.14. The molecule has 0 aromatic heterocycles. The lowest BCUT2D eigenvalue weighted by molar-refractivity contribution is -0.302. The molecule has 1 aliphatic heterocycles. The zero-order valence-corrected chi connectivity index (χ0v) is 48.2. The highest BCUT2D eigenvalue weighted by molar-refractivity contribution is 5.76. The minimum Gasteiger partial charge on any atom is -0.394 e. The molecule has 0 radical (unpaired) electrons. The smallest absolute Gasteiger partial charge is 0.220 e. The number of hydrogen-bond donors (Lipinski definition) is 6. The van der Waals surface area contributed by atoms with Gasteiger partial charge >= 0.3 is 0 Å². The summed E-state index contributed by atoms with van der Waals surface area (Å²) in [5.41, 5.74) is 0. The average Bonchev–Trinajstić information content (AvgIpc) is 3.39. The topological polar surface area (TPSA) is 149 Å². The predicted octanol–water partition coefficient (Wildman–Crippen LogP) is 16.5. The van der Waals surface area contributed by atoms with Gasteiger partial charge in [0.1, 0.15) is 24.4 Å². The van der Waals surface area contributed by atoms with Crippen LogP contribution < -0.4 is 5.32 Å². The molecule has 0 aromatic carbocycles. The monoisotopic (exact) mass is 1030 g/mol. The molecular weight excluding hydrogens is 911 g/mol. The number of carbonyl (C=O) groups excluding carboxylic acids is 1. The lowest BCUT2D eigenvalue weighted by Crippen LogP contribution is -2.60. The van der Waals surface area contributed by atoms with Crippen molar-refractivity contribution in [3.8, 4) is 0 Å². The second-order valence-electron chi connectivity index (χ2n) is 22.6. The number of carbonyl (C=O) groups is 1.